The highest BCUT2D eigenvalue weighted by Gasteiger charge is 2.11. The molecule has 0 aliphatic rings. The van der Waals surface area contributed by atoms with Crippen molar-refractivity contribution in [3.05, 3.63) is 72.4 Å². The second-order valence-electron chi connectivity index (χ2n) is 5.73. The average molecular weight is 345 g/mol. The van der Waals surface area contributed by atoms with Gasteiger partial charge in [0.25, 0.3) is 0 Å². The summed E-state index contributed by atoms with van der Waals surface area (Å²) < 4.78 is 1.09. The predicted octanol–water partition coefficient (Wildman–Crippen LogP) is 3.10. The maximum Gasteiger partial charge on any atom is 0.176 e. The highest BCUT2D eigenvalue weighted by Crippen LogP contribution is 2.26. The molecule has 2 aromatic heterocycles. The zero-order valence-electron chi connectivity index (χ0n) is 13.6. The van der Waals surface area contributed by atoms with Crippen LogP contribution in [0.5, 0.6) is 0 Å². The van der Waals surface area contributed by atoms with Crippen molar-refractivity contribution in [3.8, 4) is 22.6 Å². The van der Waals surface area contributed by atoms with Crippen LogP contribution >= 0.6 is 0 Å². The largest absolute Gasteiger partial charge is 0.426 e. The fourth-order valence-electron chi connectivity index (χ4n) is 2.76. The van der Waals surface area contributed by atoms with Crippen molar-refractivity contribution in [2.24, 2.45) is 10.9 Å². The van der Waals surface area contributed by atoms with Gasteiger partial charge >= 0.3 is 0 Å². The fourth-order valence-corrected chi connectivity index (χ4v) is 2.76. The number of pyridine rings is 1. The van der Waals surface area contributed by atoms with Gasteiger partial charge in [0.2, 0.25) is 0 Å². The Morgan fingerprint density at radius 1 is 0.962 bits per heavy atom. The van der Waals surface area contributed by atoms with E-state index in [-0.39, 0.29) is 5.84 Å². The maximum atomic E-state index is 10.3. The number of oxime groups is 1. The molecule has 4 aromatic rings. The number of fused-ring (bicyclic) bond motifs is 1. The Morgan fingerprint density at radius 2 is 1.69 bits per heavy atom. The minimum atomic E-state index is 0.0150. The topological polar surface area (TPSA) is 110 Å². The molecule has 4 rings (SSSR count). The standard InChI is InChI=1S/C19H15N5O2/c20-18(23-25)14-9-10-15(21-11-14)12-5-7-13(8-6-12)19-22-16-3-1-2-4-17(16)24(19)26/h1-11,25-26H,(H2,20,23). The number of nitrogens with zero attached hydrogens (tertiary/aromatic N) is 4. The molecule has 0 aliphatic carbocycles. The van der Waals surface area contributed by atoms with Crippen molar-refractivity contribution in [2.75, 3.05) is 0 Å². The molecule has 2 aromatic carbocycles. The summed E-state index contributed by atoms with van der Waals surface area (Å²) in [4.78, 5) is 8.80. The number of hydrogen-bond donors (Lipinski definition) is 3. The summed E-state index contributed by atoms with van der Waals surface area (Å²) in [6, 6.07) is 18.5. The number of para-hydroxylation sites is 2. The van der Waals surface area contributed by atoms with Gasteiger partial charge in [-0.1, -0.05) is 41.6 Å². The predicted molar refractivity (Wildman–Crippen MR) is 98.1 cm³/mol. The maximum absolute atomic E-state index is 10.3. The molecule has 26 heavy (non-hydrogen) atoms. The van der Waals surface area contributed by atoms with Crippen LogP contribution < -0.4 is 5.73 Å². The van der Waals surface area contributed by atoms with Gasteiger partial charge in [0.15, 0.2) is 11.7 Å². The molecule has 0 fully saturated rings. The van der Waals surface area contributed by atoms with Gasteiger partial charge in [-0.2, -0.15) is 4.73 Å². The quantitative estimate of drug-likeness (QED) is 0.174. The molecule has 7 heteroatoms. The lowest BCUT2D eigenvalue weighted by atomic mass is 10.1. The number of aromatic nitrogens is 3. The third-order valence-corrected chi connectivity index (χ3v) is 4.14. The van der Waals surface area contributed by atoms with Crippen molar-refractivity contribution < 1.29 is 10.4 Å². The van der Waals surface area contributed by atoms with Crippen LogP contribution in [-0.4, -0.2) is 30.9 Å². The highest BCUT2D eigenvalue weighted by molar-refractivity contribution is 5.96. The lowest BCUT2D eigenvalue weighted by molar-refractivity contribution is 0.203. The van der Waals surface area contributed by atoms with Gasteiger partial charge in [-0.3, -0.25) is 4.98 Å². The smallest absolute Gasteiger partial charge is 0.176 e. The molecular formula is C19H15N5O2. The molecule has 128 valence electrons. The first-order valence-corrected chi connectivity index (χ1v) is 7.89. The SMILES string of the molecule is N/C(=N\O)c1ccc(-c2ccc(-c3nc4ccccc4n3O)cc2)nc1. The Bertz CT molecular complexity index is 1100. The Hall–Kier alpha value is -3.87. The van der Waals surface area contributed by atoms with E-state index in [1.54, 1.807) is 18.3 Å². The second-order valence-corrected chi connectivity index (χ2v) is 5.73. The molecular weight excluding hydrogens is 330 g/mol. The van der Waals surface area contributed by atoms with Crippen molar-refractivity contribution in [1.29, 1.82) is 0 Å². The number of amidine groups is 1. The Morgan fingerprint density at radius 3 is 2.35 bits per heavy atom. The number of hydrogen-bond acceptors (Lipinski definition) is 5. The molecule has 2 heterocycles. The van der Waals surface area contributed by atoms with Gasteiger partial charge < -0.3 is 16.1 Å². The van der Waals surface area contributed by atoms with Gasteiger partial charge in [0.1, 0.15) is 5.52 Å². The van der Waals surface area contributed by atoms with Gasteiger partial charge in [-0.15, -0.1) is 0 Å². The second kappa shape index (κ2) is 6.21. The highest BCUT2D eigenvalue weighted by atomic mass is 16.5. The summed E-state index contributed by atoms with van der Waals surface area (Å²) in [6.45, 7) is 0. The molecule has 0 amide bonds. The van der Waals surface area contributed by atoms with E-state index in [2.05, 4.69) is 15.1 Å². The van der Waals surface area contributed by atoms with Crippen molar-refractivity contribution in [2.45, 2.75) is 0 Å². The molecule has 4 N–H and O–H groups in total. The normalized spacial score (nSPS) is 11.8. The van der Waals surface area contributed by atoms with Crippen LogP contribution in [0, 0.1) is 0 Å². The van der Waals surface area contributed by atoms with E-state index < -0.39 is 0 Å². The Labute approximate surface area is 148 Å². The van der Waals surface area contributed by atoms with Crippen LogP contribution in [0.15, 0.2) is 72.0 Å². The first-order valence-electron chi connectivity index (χ1n) is 7.89. The van der Waals surface area contributed by atoms with Crippen LogP contribution in [-0.2, 0) is 0 Å². The Kier molecular flexibility index (Phi) is 3.74. The minimum absolute atomic E-state index is 0.0150. The number of imidazole rings is 1. The number of benzene rings is 2. The van der Waals surface area contributed by atoms with Gasteiger partial charge in [0, 0.05) is 22.9 Å². The van der Waals surface area contributed by atoms with Crippen LogP contribution in [0.3, 0.4) is 0 Å². The van der Waals surface area contributed by atoms with E-state index in [0.717, 1.165) is 27.1 Å². The molecule has 0 atom stereocenters. The molecule has 0 saturated heterocycles. The first kappa shape index (κ1) is 15.6. The van der Waals surface area contributed by atoms with Gasteiger partial charge in [0.05, 0.1) is 11.2 Å². The molecule has 7 nitrogen and oxygen atoms in total. The molecule has 0 unspecified atom stereocenters. The van der Waals surface area contributed by atoms with Gasteiger partial charge in [-0.05, 0) is 24.3 Å². The van der Waals surface area contributed by atoms with E-state index in [1.807, 2.05) is 48.5 Å². The molecule has 0 bridgehead atoms. The zero-order valence-corrected chi connectivity index (χ0v) is 13.6. The summed E-state index contributed by atoms with van der Waals surface area (Å²) in [6.07, 6.45) is 1.55. The van der Waals surface area contributed by atoms with Crippen molar-refractivity contribution in [1.82, 2.24) is 14.7 Å². The van der Waals surface area contributed by atoms with Crippen LogP contribution in [0.4, 0.5) is 0 Å². The van der Waals surface area contributed by atoms with Crippen LogP contribution in [0.2, 0.25) is 0 Å². The van der Waals surface area contributed by atoms with E-state index in [1.165, 1.54) is 0 Å². The lowest BCUT2D eigenvalue weighted by Crippen LogP contribution is -2.13. The van der Waals surface area contributed by atoms with Crippen LogP contribution in [0.1, 0.15) is 5.56 Å². The number of rotatable bonds is 3. The van der Waals surface area contributed by atoms with E-state index in [0.29, 0.717) is 16.9 Å². The van der Waals surface area contributed by atoms with Gasteiger partial charge in [-0.25, -0.2) is 4.98 Å². The monoisotopic (exact) mass is 345 g/mol. The fraction of sp³-hybridized carbons (Fsp3) is 0. The van der Waals surface area contributed by atoms with Crippen molar-refractivity contribution >= 4 is 16.9 Å². The molecule has 0 radical (unpaired) electrons. The minimum Gasteiger partial charge on any atom is -0.426 e. The molecule has 0 saturated carbocycles. The van der Waals surface area contributed by atoms with Crippen LogP contribution in [0.25, 0.3) is 33.7 Å². The molecule has 0 spiro atoms. The lowest BCUT2D eigenvalue weighted by Gasteiger charge is -2.05. The van der Waals surface area contributed by atoms with E-state index >= 15 is 0 Å². The summed E-state index contributed by atoms with van der Waals surface area (Å²) >= 11 is 0. The van der Waals surface area contributed by atoms with Crippen molar-refractivity contribution in [3.63, 3.8) is 0 Å². The summed E-state index contributed by atoms with van der Waals surface area (Å²) in [5.74, 6) is 0.495. The summed E-state index contributed by atoms with van der Waals surface area (Å²) in [5, 5.41) is 22.0. The zero-order chi connectivity index (χ0) is 18.1. The van der Waals surface area contributed by atoms with E-state index in [4.69, 9.17) is 10.9 Å². The first-order chi connectivity index (χ1) is 12.7. The third-order valence-electron chi connectivity index (χ3n) is 4.14. The van der Waals surface area contributed by atoms with E-state index in [9.17, 15) is 5.21 Å². The third kappa shape index (κ3) is 2.61. The molecule has 0 aliphatic heterocycles. The number of nitrogens with two attached hydrogens (primary N) is 1. The average Bonchev–Trinajstić information content (AvgIpc) is 3.04. The summed E-state index contributed by atoms with van der Waals surface area (Å²) in [5.41, 5.74) is 9.92. The Balaban J connectivity index is 1.67. The summed E-state index contributed by atoms with van der Waals surface area (Å²) in [7, 11) is 0.